The molecule has 1 heterocycles. The number of halogens is 1. The van der Waals surface area contributed by atoms with E-state index in [2.05, 4.69) is 42.6 Å². The summed E-state index contributed by atoms with van der Waals surface area (Å²) in [6, 6.07) is 10.1. The van der Waals surface area contributed by atoms with Gasteiger partial charge in [0.25, 0.3) is 0 Å². The molecule has 92 valence electrons. The fourth-order valence-electron chi connectivity index (χ4n) is 2.45. The number of hydrogen-bond acceptors (Lipinski definition) is 5. The van der Waals surface area contributed by atoms with E-state index in [1.54, 1.807) is 0 Å². The molecular weight excluding hydrogens is 373 g/mol. The third kappa shape index (κ3) is 1.53. The summed E-state index contributed by atoms with van der Waals surface area (Å²) in [5, 5.41) is 12.8. The molecule has 0 saturated carbocycles. The number of benzene rings is 2. The van der Waals surface area contributed by atoms with E-state index in [4.69, 9.17) is 0 Å². The molecule has 4 rings (SSSR count). The van der Waals surface area contributed by atoms with E-state index in [9.17, 15) is 5.21 Å². The zero-order chi connectivity index (χ0) is 13.0. The second kappa shape index (κ2) is 3.97. The lowest BCUT2D eigenvalue weighted by atomic mass is 10.1. The molecule has 1 N–H and O–H groups in total. The van der Waals surface area contributed by atoms with Gasteiger partial charge < -0.3 is 5.21 Å². The smallest absolute Gasteiger partial charge is 0.118 e. The highest BCUT2D eigenvalue weighted by molar-refractivity contribution is 14.1. The molecule has 3 aromatic rings. The lowest BCUT2D eigenvalue weighted by Gasteiger charge is -1.99. The van der Waals surface area contributed by atoms with Gasteiger partial charge in [-0.3, -0.25) is 0 Å². The number of aromatic nitrogens is 2. The second-order valence-electron chi connectivity index (χ2n) is 4.29. The topological polar surface area (TPSA) is 58.4 Å². The quantitative estimate of drug-likeness (QED) is 0.289. The number of hydrogen-bond donors (Lipinski definition) is 1. The largest absolute Gasteiger partial charge is 0.410 e. The normalized spacial score (nSPS) is 14.9. The summed E-state index contributed by atoms with van der Waals surface area (Å²) in [5.41, 5.74) is 6.34. The fraction of sp³-hybridized carbons (Fsp3) is 0. The van der Waals surface area contributed by atoms with Gasteiger partial charge in [-0.2, -0.15) is 8.75 Å². The van der Waals surface area contributed by atoms with Crippen LogP contribution in [0.1, 0.15) is 11.1 Å². The summed E-state index contributed by atoms with van der Waals surface area (Å²) in [6.45, 7) is 0. The molecule has 0 bridgehead atoms. The van der Waals surface area contributed by atoms with Crippen molar-refractivity contribution in [1.29, 1.82) is 0 Å². The Balaban J connectivity index is 2.13. The minimum atomic E-state index is 0.610. The number of oxime groups is 1. The van der Waals surface area contributed by atoms with E-state index in [1.165, 1.54) is 11.7 Å². The van der Waals surface area contributed by atoms with Gasteiger partial charge in [0.2, 0.25) is 0 Å². The Hall–Kier alpha value is -1.54. The van der Waals surface area contributed by atoms with E-state index in [0.29, 0.717) is 5.71 Å². The molecule has 1 aliphatic carbocycles. The van der Waals surface area contributed by atoms with Crippen molar-refractivity contribution in [2.45, 2.75) is 0 Å². The zero-order valence-corrected chi connectivity index (χ0v) is 12.4. The Morgan fingerprint density at radius 1 is 0.947 bits per heavy atom. The molecule has 4 nitrogen and oxygen atoms in total. The van der Waals surface area contributed by atoms with Gasteiger partial charge in [0.1, 0.15) is 16.7 Å². The Kier molecular flexibility index (Phi) is 2.36. The van der Waals surface area contributed by atoms with Crippen molar-refractivity contribution in [3.8, 4) is 11.1 Å². The SMILES string of the molecule is O/N=C1/c2cc(I)ccc2-c2cc3nsnc3cc21. The van der Waals surface area contributed by atoms with Gasteiger partial charge in [-0.1, -0.05) is 11.2 Å². The molecule has 6 heteroatoms. The Labute approximate surface area is 126 Å². The van der Waals surface area contributed by atoms with Crippen LogP contribution in [0.15, 0.2) is 35.5 Å². The van der Waals surface area contributed by atoms with Crippen molar-refractivity contribution in [2.75, 3.05) is 0 Å². The standard InChI is InChI=1S/C13H6IN3OS/c14-6-1-2-7-8-4-11-12(17-19-16-11)5-10(8)13(15-18)9(7)3-6/h1-5,18H/b15-13-. The van der Waals surface area contributed by atoms with Gasteiger partial charge >= 0.3 is 0 Å². The Bertz CT molecular complexity index is 856. The average molecular weight is 379 g/mol. The zero-order valence-electron chi connectivity index (χ0n) is 9.46. The van der Waals surface area contributed by atoms with E-state index in [-0.39, 0.29) is 0 Å². The molecule has 0 fully saturated rings. The summed E-state index contributed by atoms with van der Waals surface area (Å²) in [5.74, 6) is 0. The predicted octanol–water partition coefficient (Wildman–Crippen LogP) is 3.50. The van der Waals surface area contributed by atoms with Crippen LogP contribution in [0, 0.1) is 3.57 Å². The van der Waals surface area contributed by atoms with Crippen molar-refractivity contribution in [1.82, 2.24) is 8.75 Å². The van der Waals surface area contributed by atoms with E-state index in [1.807, 2.05) is 24.3 Å². The van der Waals surface area contributed by atoms with Crippen LogP contribution < -0.4 is 0 Å². The summed E-state index contributed by atoms with van der Waals surface area (Å²) in [7, 11) is 0. The minimum Gasteiger partial charge on any atom is -0.410 e. The van der Waals surface area contributed by atoms with Crippen molar-refractivity contribution in [3.63, 3.8) is 0 Å². The molecule has 1 aliphatic rings. The van der Waals surface area contributed by atoms with E-state index < -0.39 is 0 Å². The summed E-state index contributed by atoms with van der Waals surface area (Å²) >= 11 is 3.45. The lowest BCUT2D eigenvalue weighted by Crippen LogP contribution is -1.98. The highest BCUT2D eigenvalue weighted by atomic mass is 127. The van der Waals surface area contributed by atoms with Crippen LogP contribution >= 0.6 is 34.3 Å². The van der Waals surface area contributed by atoms with Crippen LogP contribution in [0.2, 0.25) is 0 Å². The Morgan fingerprint density at radius 2 is 1.63 bits per heavy atom. The van der Waals surface area contributed by atoms with E-state index >= 15 is 0 Å². The van der Waals surface area contributed by atoms with Gasteiger partial charge in [0.15, 0.2) is 0 Å². The molecule has 0 spiro atoms. The van der Waals surface area contributed by atoms with Gasteiger partial charge in [0.05, 0.1) is 11.7 Å². The fourth-order valence-corrected chi connectivity index (χ4v) is 3.45. The van der Waals surface area contributed by atoms with Gasteiger partial charge in [0, 0.05) is 14.7 Å². The molecular formula is C13H6IN3OS. The highest BCUT2D eigenvalue weighted by Gasteiger charge is 2.26. The monoisotopic (exact) mass is 379 g/mol. The third-order valence-corrected chi connectivity index (χ3v) is 4.50. The lowest BCUT2D eigenvalue weighted by molar-refractivity contribution is 0.320. The second-order valence-corrected chi connectivity index (χ2v) is 6.06. The summed E-state index contributed by atoms with van der Waals surface area (Å²) in [6.07, 6.45) is 0. The van der Waals surface area contributed by atoms with Crippen LogP contribution in [0.25, 0.3) is 22.2 Å². The third-order valence-electron chi connectivity index (χ3n) is 3.28. The maximum atomic E-state index is 9.33. The number of rotatable bonds is 0. The average Bonchev–Trinajstić information content (AvgIpc) is 2.96. The van der Waals surface area contributed by atoms with Crippen molar-refractivity contribution in [3.05, 3.63) is 45.0 Å². The maximum absolute atomic E-state index is 9.33. The summed E-state index contributed by atoms with van der Waals surface area (Å²) < 4.78 is 9.62. The van der Waals surface area contributed by atoms with E-state index in [0.717, 1.165) is 36.9 Å². The van der Waals surface area contributed by atoms with Gasteiger partial charge in [-0.25, -0.2) is 0 Å². The summed E-state index contributed by atoms with van der Waals surface area (Å²) in [4.78, 5) is 0. The number of nitrogens with zero attached hydrogens (tertiary/aromatic N) is 3. The molecule has 1 aromatic heterocycles. The first-order chi connectivity index (χ1) is 9.28. The maximum Gasteiger partial charge on any atom is 0.118 e. The first kappa shape index (κ1) is 11.3. The van der Waals surface area contributed by atoms with Gasteiger partial charge in [-0.15, -0.1) is 0 Å². The molecule has 0 unspecified atom stereocenters. The molecule has 0 amide bonds. The highest BCUT2D eigenvalue weighted by Crippen LogP contribution is 2.39. The van der Waals surface area contributed by atoms with Crippen LogP contribution in [0.4, 0.5) is 0 Å². The molecule has 0 saturated heterocycles. The Morgan fingerprint density at radius 3 is 2.37 bits per heavy atom. The predicted molar refractivity (Wildman–Crippen MR) is 83.0 cm³/mol. The first-order valence-corrected chi connectivity index (χ1v) is 7.38. The number of fused-ring (bicyclic) bond motifs is 4. The van der Waals surface area contributed by atoms with Crippen LogP contribution in [-0.2, 0) is 0 Å². The van der Waals surface area contributed by atoms with Crippen LogP contribution in [-0.4, -0.2) is 19.7 Å². The molecule has 0 radical (unpaired) electrons. The molecule has 0 atom stereocenters. The van der Waals surface area contributed by atoms with Crippen LogP contribution in [0.5, 0.6) is 0 Å². The minimum absolute atomic E-state index is 0.610. The molecule has 0 aliphatic heterocycles. The van der Waals surface area contributed by atoms with Crippen molar-refractivity contribution in [2.24, 2.45) is 5.16 Å². The van der Waals surface area contributed by atoms with Gasteiger partial charge in [-0.05, 0) is 58.0 Å². The van der Waals surface area contributed by atoms with Crippen molar-refractivity contribution >= 4 is 51.1 Å². The van der Waals surface area contributed by atoms with Crippen molar-refractivity contribution < 1.29 is 5.21 Å². The molecule has 2 aromatic carbocycles. The van der Waals surface area contributed by atoms with Crippen LogP contribution in [0.3, 0.4) is 0 Å². The first-order valence-electron chi connectivity index (χ1n) is 5.57. The molecule has 19 heavy (non-hydrogen) atoms.